The first kappa shape index (κ1) is 19.4. The molecule has 0 radical (unpaired) electrons. The molecule has 2 rings (SSSR count). The number of carbonyl (C=O) groups is 2. The third-order valence-corrected chi connectivity index (χ3v) is 3.74. The van der Waals surface area contributed by atoms with Crippen molar-refractivity contribution in [2.24, 2.45) is 0 Å². The molecule has 5 heteroatoms. The van der Waals surface area contributed by atoms with Gasteiger partial charge in [-0.15, -0.1) is 0 Å². The van der Waals surface area contributed by atoms with Crippen molar-refractivity contribution in [3.8, 4) is 5.75 Å². The number of hydrogen-bond donors (Lipinski definition) is 1. The Kier molecular flexibility index (Phi) is 7.12. The Labute approximate surface area is 154 Å². The minimum absolute atomic E-state index is 0.0759. The Morgan fingerprint density at radius 1 is 1.15 bits per heavy atom. The number of ketones is 1. The predicted octanol–water partition coefficient (Wildman–Crippen LogP) is 3.52. The van der Waals surface area contributed by atoms with E-state index in [1.54, 1.807) is 30.3 Å². The van der Waals surface area contributed by atoms with Gasteiger partial charge in [-0.25, -0.2) is 0 Å². The molecule has 0 saturated carbocycles. The van der Waals surface area contributed by atoms with E-state index in [9.17, 15) is 9.59 Å². The highest BCUT2D eigenvalue weighted by molar-refractivity contribution is 6.04. The number of nitrogens with one attached hydrogen (secondary N) is 1. The second kappa shape index (κ2) is 9.53. The van der Waals surface area contributed by atoms with Gasteiger partial charge in [-0.2, -0.15) is 0 Å². The predicted molar refractivity (Wildman–Crippen MR) is 104 cm³/mol. The summed E-state index contributed by atoms with van der Waals surface area (Å²) in [6.07, 6.45) is 1.70. The van der Waals surface area contributed by atoms with Gasteiger partial charge in [0.05, 0.1) is 12.2 Å². The van der Waals surface area contributed by atoms with Crippen LogP contribution < -0.4 is 10.1 Å². The molecular weight excluding hydrogens is 328 g/mol. The van der Waals surface area contributed by atoms with E-state index in [1.165, 1.54) is 6.92 Å². The molecule has 0 fully saturated rings. The molecule has 0 aliphatic carbocycles. The fourth-order valence-electron chi connectivity index (χ4n) is 2.55. The molecule has 0 aliphatic heterocycles. The van der Waals surface area contributed by atoms with Crippen LogP contribution in [-0.4, -0.2) is 36.8 Å². The molecule has 1 amide bonds. The Hall–Kier alpha value is -2.92. The maximum atomic E-state index is 12.3. The monoisotopic (exact) mass is 352 g/mol. The number of nitrogens with zero attached hydrogens (tertiary/aromatic N) is 1. The van der Waals surface area contributed by atoms with E-state index < -0.39 is 0 Å². The van der Waals surface area contributed by atoms with Gasteiger partial charge in [0.25, 0.3) is 0 Å². The van der Waals surface area contributed by atoms with E-state index in [-0.39, 0.29) is 18.2 Å². The smallest absolute Gasteiger partial charge is 0.238 e. The van der Waals surface area contributed by atoms with E-state index in [2.05, 4.69) is 11.9 Å². The van der Waals surface area contributed by atoms with Gasteiger partial charge in [0.15, 0.2) is 5.78 Å². The first-order valence-corrected chi connectivity index (χ1v) is 8.40. The first-order chi connectivity index (χ1) is 12.5. The second-order valence-electron chi connectivity index (χ2n) is 6.07. The summed E-state index contributed by atoms with van der Waals surface area (Å²) in [7, 11) is 1.87. The van der Waals surface area contributed by atoms with Crippen LogP contribution >= 0.6 is 0 Å². The van der Waals surface area contributed by atoms with Crippen LogP contribution in [-0.2, 0) is 11.3 Å². The molecule has 0 unspecified atom stereocenters. The van der Waals surface area contributed by atoms with Crippen molar-refractivity contribution in [3.63, 3.8) is 0 Å². The first-order valence-electron chi connectivity index (χ1n) is 8.40. The van der Waals surface area contributed by atoms with Crippen molar-refractivity contribution in [1.29, 1.82) is 0 Å². The van der Waals surface area contributed by atoms with Gasteiger partial charge in [-0.05, 0) is 43.8 Å². The normalized spacial score (nSPS) is 10.4. The number of Topliss-reactive ketones (excluding diaryl/α,β-unsaturated/α-hetero) is 1. The van der Waals surface area contributed by atoms with E-state index in [4.69, 9.17) is 4.74 Å². The van der Waals surface area contributed by atoms with Crippen LogP contribution in [0.3, 0.4) is 0 Å². The molecule has 0 saturated heterocycles. The van der Waals surface area contributed by atoms with Crippen LogP contribution in [0, 0.1) is 0 Å². The van der Waals surface area contributed by atoms with Crippen molar-refractivity contribution >= 4 is 17.4 Å². The summed E-state index contributed by atoms with van der Waals surface area (Å²) in [6.45, 7) is 6.43. The lowest BCUT2D eigenvalue weighted by molar-refractivity contribution is -0.117. The maximum absolute atomic E-state index is 12.3. The van der Waals surface area contributed by atoms with Crippen molar-refractivity contribution in [2.75, 3.05) is 25.5 Å². The molecular formula is C21H24N2O3. The molecule has 0 heterocycles. The number of ether oxygens (including phenoxy) is 1. The molecule has 0 atom stereocenters. The van der Waals surface area contributed by atoms with Gasteiger partial charge in [-0.3, -0.25) is 14.5 Å². The third-order valence-electron chi connectivity index (χ3n) is 3.74. The lowest BCUT2D eigenvalue weighted by Crippen LogP contribution is -2.30. The van der Waals surface area contributed by atoms with Crippen LogP contribution in [0.5, 0.6) is 5.75 Å². The fourth-order valence-corrected chi connectivity index (χ4v) is 2.55. The Bertz CT molecular complexity index is 769. The van der Waals surface area contributed by atoms with Gasteiger partial charge >= 0.3 is 0 Å². The summed E-state index contributed by atoms with van der Waals surface area (Å²) >= 11 is 0. The molecule has 0 aliphatic rings. The summed E-state index contributed by atoms with van der Waals surface area (Å²) < 4.78 is 5.45. The molecule has 1 N–H and O–H groups in total. The molecule has 136 valence electrons. The topological polar surface area (TPSA) is 58.6 Å². The number of hydrogen-bond acceptors (Lipinski definition) is 4. The van der Waals surface area contributed by atoms with Crippen molar-refractivity contribution in [3.05, 3.63) is 72.3 Å². The highest BCUT2D eigenvalue weighted by atomic mass is 16.5. The van der Waals surface area contributed by atoms with Gasteiger partial charge in [0.2, 0.25) is 5.91 Å². The van der Waals surface area contributed by atoms with E-state index >= 15 is 0 Å². The average molecular weight is 352 g/mol. The fraction of sp³-hybridized carbons (Fsp3) is 0.238. The van der Waals surface area contributed by atoms with Gasteiger partial charge in [0.1, 0.15) is 12.4 Å². The molecule has 2 aromatic carbocycles. The highest BCUT2D eigenvalue weighted by Crippen LogP contribution is 2.16. The van der Waals surface area contributed by atoms with Gasteiger partial charge in [0, 0.05) is 12.1 Å². The molecule has 26 heavy (non-hydrogen) atoms. The summed E-state index contributed by atoms with van der Waals surface area (Å²) in [4.78, 5) is 25.8. The van der Waals surface area contributed by atoms with Crippen LogP contribution in [0.15, 0.2) is 61.2 Å². The average Bonchev–Trinajstić information content (AvgIpc) is 2.61. The standard InChI is InChI=1S/C21H24N2O3/c1-4-13-26-18-11-9-17(10-12-18)14-23(3)15-21(25)22-20-8-6-5-7-19(20)16(2)24/h4-12H,1,13-15H2,2-3H3,(H,22,25). The number of anilines is 1. The van der Waals surface area contributed by atoms with Gasteiger partial charge in [-0.1, -0.05) is 36.9 Å². The molecule has 0 spiro atoms. The number of carbonyl (C=O) groups excluding carboxylic acids is 2. The van der Waals surface area contributed by atoms with E-state index in [1.807, 2.05) is 36.2 Å². The summed E-state index contributed by atoms with van der Waals surface area (Å²) in [5.41, 5.74) is 2.14. The van der Waals surface area contributed by atoms with Crippen LogP contribution in [0.4, 0.5) is 5.69 Å². The van der Waals surface area contributed by atoms with Crippen molar-refractivity contribution in [2.45, 2.75) is 13.5 Å². The van der Waals surface area contributed by atoms with Crippen molar-refractivity contribution in [1.82, 2.24) is 4.90 Å². The minimum atomic E-state index is -0.160. The largest absolute Gasteiger partial charge is 0.490 e. The lowest BCUT2D eigenvalue weighted by atomic mass is 10.1. The highest BCUT2D eigenvalue weighted by Gasteiger charge is 2.11. The molecule has 0 aromatic heterocycles. The van der Waals surface area contributed by atoms with Crippen LogP contribution in [0.25, 0.3) is 0 Å². The Morgan fingerprint density at radius 2 is 1.85 bits per heavy atom. The van der Waals surface area contributed by atoms with E-state index in [0.717, 1.165) is 11.3 Å². The summed E-state index contributed by atoms with van der Waals surface area (Å²) in [5.74, 6) is 0.551. The minimum Gasteiger partial charge on any atom is -0.490 e. The Morgan fingerprint density at radius 3 is 2.50 bits per heavy atom. The number of amides is 1. The van der Waals surface area contributed by atoms with E-state index in [0.29, 0.717) is 24.4 Å². The maximum Gasteiger partial charge on any atom is 0.238 e. The third kappa shape index (κ3) is 5.86. The summed E-state index contributed by atoms with van der Waals surface area (Å²) in [5, 5.41) is 2.81. The lowest BCUT2D eigenvalue weighted by Gasteiger charge is -2.17. The van der Waals surface area contributed by atoms with Crippen LogP contribution in [0.2, 0.25) is 0 Å². The molecule has 0 bridgehead atoms. The van der Waals surface area contributed by atoms with Crippen molar-refractivity contribution < 1.29 is 14.3 Å². The van der Waals surface area contributed by atoms with Gasteiger partial charge < -0.3 is 10.1 Å². The zero-order valence-corrected chi connectivity index (χ0v) is 15.2. The zero-order valence-electron chi connectivity index (χ0n) is 15.2. The Balaban J connectivity index is 1.89. The number of likely N-dealkylation sites (N-methyl/N-ethyl adjacent to an activating group) is 1. The zero-order chi connectivity index (χ0) is 18.9. The molecule has 2 aromatic rings. The number of para-hydroxylation sites is 1. The number of benzene rings is 2. The summed E-state index contributed by atoms with van der Waals surface area (Å²) in [6, 6.07) is 14.7. The molecule has 5 nitrogen and oxygen atoms in total. The quantitative estimate of drug-likeness (QED) is 0.554. The van der Waals surface area contributed by atoms with Crippen LogP contribution in [0.1, 0.15) is 22.8 Å². The number of rotatable bonds is 9. The SMILES string of the molecule is C=CCOc1ccc(CN(C)CC(=O)Nc2ccccc2C(C)=O)cc1. The second-order valence-corrected chi connectivity index (χ2v) is 6.07.